The predicted octanol–water partition coefficient (Wildman–Crippen LogP) is 21.2. The number of allylic oxidation sites excluding steroid dienone is 16. The van der Waals surface area contributed by atoms with Crippen molar-refractivity contribution in [2.45, 2.75) is 329 Å². The van der Waals surface area contributed by atoms with E-state index < -0.39 is 97.5 Å². The highest BCUT2D eigenvalue weighted by Crippen LogP contribution is 2.45. The summed E-state index contributed by atoms with van der Waals surface area (Å²) in [5.74, 6) is -2.26. The van der Waals surface area contributed by atoms with Crippen LogP contribution in [0.15, 0.2) is 97.2 Å². The van der Waals surface area contributed by atoms with Gasteiger partial charge in [0.2, 0.25) is 0 Å². The van der Waals surface area contributed by atoms with Crippen molar-refractivity contribution in [3.05, 3.63) is 97.2 Å². The molecule has 0 fully saturated rings. The summed E-state index contributed by atoms with van der Waals surface area (Å²) >= 11 is 0. The van der Waals surface area contributed by atoms with Gasteiger partial charge in [-0.1, -0.05) is 266 Å². The first-order valence-electron chi connectivity index (χ1n) is 37.5. The second kappa shape index (κ2) is 69.5. The molecule has 0 amide bonds. The molecule has 0 heterocycles. The van der Waals surface area contributed by atoms with E-state index in [1.165, 1.54) is 77.0 Å². The highest BCUT2D eigenvalue weighted by Gasteiger charge is 2.30. The number of rotatable bonds is 70. The molecule has 0 saturated heterocycles. The number of phosphoric acid groups is 2. The molecule has 0 aliphatic heterocycles. The zero-order valence-electron chi connectivity index (χ0n) is 60.3. The Labute approximate surface area is 582 Å². The zero-order valence-corrected chi connectivity index (χ0v) is 62.1. The first-order valence-corrected chi connectivity index (χ1v) is 40.5. The Kier molecular flexibility index (Phi) is 66.6. The Hall–Kier alpha value is -4.02. The van der Waals surface area contributed by atoms with E-state index in [2.05, 4.69) is 113 Å². The molecule has 5 atom stereocenters. The lowest BCUT2D eigenvalue weighted by Crippen LogP contribution is -2.30. The Bertz CT molecular complexity index is 2200. The van der Waals surface area contributed by atoms with Gasteiger partial charge in [-0.25, -0.2) is 9.13 Å². The molecule has 0 aromatic rings. The molecule has 0 aromatic carbocycles. The van der Waals surface area contributed by atoms with Crippen LogP contribution in [0, 0.1) is 0 Å². The Morgan fingerprint density at radius 3 is 0.927 bits per heavy atom. The van der Waals surface area contributed by atoms with Crippen LogP contribution in [-0.2, 0) is 65.4 Å². The monoisotopic (exact) mass is 1390 g/mol. The highest BCUT2D eigenvalue weighted by molar-refractivity contribution is 7.47. The number of esters is 4. The van der Waals surface area contributed by atoms with Crippen molar-refractivity contribution >= 4 is 39.5 Å². The fourth-order valence-electron chi connectivity index (χ4n) is 9.82. The van der Waals surface area contributed by atoms with E-state index >= 15 is 0 Å². The molecule has 17 nitrogen and oxygen atoms in total. The van der Waals surface area contributed by atoms with Gasteiger partial charge in [-0.05, 0) is 116 Å². The average molecular weight is 1390 g/mol. The van der Waals surface area contributed by atoms with Gasteiger partial charge in [-0.3, -0.25) is 37.3 Å². The molecule has 0 bridgehead atoms. The van der Waals surface area contributed by atoms with Gasteiger partial charge in [-0.15, -0.1) is 0 Å². The number of unbranched alkanes of at least 4 members (excludes halogenated alkanes) is 28. The molecule has 0 saturated carbocycles. The van der Waals surface area contributed by atoms with Crippen LogP contribution in [0.2, 0.25) is 0 Å². The summed E-state index contributed by atoms with van der Waals surface area (Å²) in [4.78, 5) is 72.7. The van der Waals surface area contributed by atoms with E-state index in [1.807, 2.05) is 12.2 Å². The predicted molar refractivity (Wildman–Crippen MR) is 390 cm³/mol. The molecular formula is C77H134O17P2. The highest BCUT2D eigenvalue weighted by atomic mass is 31.2. The third kappa shape index (κ3) is 68.5. The van der Waals surface area contributed by atoms with Gasteiger partial charge < -0.3 is 33.8 Å². The quantitative estimate of drug-likeness (QED) is 0.0169. The van der Waals surface area contributed by atoms with Gasteiger partial charge >= 0.3 is 39.5 Å². The summed E-state index contributed by atoms with van der Waals surface area (Å²) in [5, 5.41) is 10.6. The smallest absolute Gasteiger partial charge is 0.462 e. The van der Waals surface area contributed by atoms with Crippen LogP contribution in [0.3, 0.4) is 0 Å². The fourth-order valence-corrected chi connectivity index (χ4v) is 11.4. The molecule has 0 aliphatic rings. The van der Waals surface area contributed by atoms with E-state index in [-0.39, 0.29) is 25.7 Å². The van der Waals surface area contributed by atoms with E-state index in [4.69, 9.17) is 37.0 Å². The van der Waals surface area contributed by atoms with Crippen LogP contribution in [0.5, 0.6) is 0 Å². The molecule has 0 radical (unpaired) electrons. The minimum absolute atomic E-state index is 0.0769. The van der Waals surface area contributed by atoms with Crippen LogP contribution in [0.4, 0.5) is 0 Å². The van der Waals surface area contributed by atoms with E-state index in [1.54, 1.807) is 0 Å². The van der Waals surface area contributed by atoms with Crippen molar-refractivity contribution in [1.29, 1.82) is 0 Å². The van der Waals surface area contributed by atoms with Gasteiger partial charge in [0.05, 0.1) is 26.4 Å². The van der Waals surface area contributed by atoms with Gasteiger partial charge in [0, 0.05) is 25.7 Å². The van der Waals surface area contributed by atoms with Gasteiger partial charge in [0.15, 0.2) is 12.2 Å². The second-order valence-electron chi connectivity index (χ2n) is 24.9. The third-order valence-electron chi connectivity index (χ3n) is 15.5. The minimum Gasteiger partial charge on any atom is -0.462 e. The number of carbonyl (C=O) groups excluding carboxylic acids is 4. The van der Waals surface area contributed by atoms with E-state index in [9.17, 15) is 43.2 Å². The normalized spacial score (nSPS) is 14.5. The summed E-state index contributed by atoms with van der Waals surface area (Å²) in [6, 6.07) is 0. The molecule has 5 unspecified atom stereocenters. The standard InChI is InChI=1S/C77H134O17P2/c1-5-9-13-17-21-25-29-32-34-35-37-40-43-46-50-54-58-62-75(80)87-67-72(93-76(81)63-59-55-51-47-41-28-24-20-16-12-8-4)69-91-95(83,84)89-65-71(78)66-90-96(85,86)92-70-73(94-77(82)64-60-56-52-48-44-38-31-27-23-19-15-11-7-3)68-88-74(79)61-57-53-49-45-42-39-36-33-30-26-22-18-14-10-6-2/h9,13,15,19,21,25,27,31-34,36-37,40,46,50,71-73,78H,5-8,10-12,14,16-18,20,22-24,26,28-30,35,38-39,41-45,47-49,51-70H2,1-4H3,(H,83,84)(H,85,86)/b13-9-,19-15-,25-21-,31-27-,34-32-,36-33-,40-37-,50-46-. The van der Waals surface area contributed by atoms with Crippen molar-refractivity contribution < 1.29 is 80.2 Å². The van der Waals surface area contributed by atoms with Crippen molar-refractivity contribution in [3.8, 4) is 0 Å². The second-order valence-corrected chi connectivity index (χ2v) is 27.8. The molecule has 0 spiro atoms. The molecule has 3 N–H and O–H groups in total. The zero-order chi connectivity index (χ0) is 70.4. The Balaban J connectivity index is 5.36. The van der Waals surface area contributed by atoms with Gasteiger partial charge in [0.1, 0.15) is 19.3 Å². The number of hydrogen-bond acceptors (Lipinski definition) is 15. The van der Waals surface area contributed by atoms with E-state index in [0.29, 0.717) is 32.1 Å². The molecule has 19 heteroatoms. The van der Waals surface area contributed by atoms with Gasteiger partial charge in [0.25, 0.3) is 0 Å². The number of phosphoric ester groups is 2. The Morgan fingerprint density at radius 2 is 0.573 bits per heavy atom. The topological polar surface area (TPSA) is 237 Å². The van der Waals surface area contributed by atoms with Crippen LogP contribution in [0.25, 0.3) is 0 Å². The first kappa shape index (κ1) is 92.0. The van der Waals surface area contributed by atoms with Crippen molar-refractivity contribution in [2.75, 3.05) is 39.6 Å². The summed E-state index contributed by atoms with van der Waals surface area (Å²) in [7, 11) is -9.96. The number of aliphatic hydroxyl groups excluding tert-OH is 1. The van der Waals surface area contributed by atoms with Crippen LogP contribution in [0.1, 0.15) is 310 Å². The number of ether oxygens (including phenoxy) is 4. The number of hydrogen-bond donors (Lipinski definition) is 3. The lowest BCUT2D eigenvalue weighted by atomic mass is 10.1. The maximum Gasteiger partial charge on any atom is 0.472 e. The third-order valence-corrected chi connectivity index (χ3v) is 17.4. The molecular weight excluding hydrogens is 1260 g/mol. The van der Waals surface area contributed by atoms with Crippen LogP contribution >= 0.6 is 15.6 Å². The summed E-state index contributed by atoms with van der Waals surface area (Å²) in [6.45, 7) is 4.60. The lowest BCUT2D eigenvalue weighted by molar-refractivity contribution is -0.161. The molecule has 0 aliphatic carbocycles. The molecule has 0 rings (SSSR count). The largest absolute Gasteiger partial charge is 0.472 e. The lowest BCUT2D eigenvalue weighted by Gasteiger charge is -2.21. The maximum atomic E-state index is 13.1. The molecule has 0 aromatic heterocycles. The first-order chi connectivity index (χ1) is 46.7. The summed E-state index contributed by atoms with van der Waals surface area (Å²) in [5.41, 5.74) is 0. The summed E-state index contributed by atoms with van der Waals surface area (Å²) < 4.78 is 68.3. The molecule has 554 valence electrons. The average Bonchev–Trinajstić information content (AvgIpc) is 1.13. The van der Waals surface area contributed by atoms with Crippen LogP contribution < -0.4 is 0 Å². The molecule has 96 heavy (non-hydrogen) atoms. The van der Waals surface area contributed by atoms with Crippen molar-refractivity contribution in [2.24, 2.45) is 0 Å². The fraction of sp³-hybridized carbons (Fsp3) is 0.740. The van der Waals surface area contributed by atoms with E-state index in [0.717, 1.165) is 148 Å². The summed E-state index contributed by atoms with van der Waals surface area (Å²) in [6.07, 6.45) is 71.3. The number of carbonyl (C=O) groups is 4. The minimum atomic E-state index is -4.98. The van der Waals surface area contributed by atoms with Crippen molar-refractivity contribution in [3.63, 3.8) is 0 Å². The Morgan fingerprint density at radius 1 is 0.302 bits per heavy atom. The number of aliphatic hydroxyl groups is 1. The SMILES string of the molecule is CC/C=C\C/C=C\C/C=C\C/C=C\C/C=C\CCCC(=O)OCC(COP(=O)(O)OCC(O)COP(=O)(O)OCC(COC(=O)CCCCCCC/C=C\CCCCCCCC)OC(=O)CCCCCCC/C=C\C/C=C\CCC)OC(=O)CCCCCCCCCCCCC. The van der Waals surface area contributed by atoms with Gasteiger partial charge in [-0.2, -0.15) is 0 Å². The van der Waals surface area contributed by atoms with Crippen molar-refractivity contribution in [1.82, 2.24) is 0 Å². The maximum absolute atomic E-state index is 13.1. The van der Waals surface area contributed by atoms with Crippen LogP contribution in [-0.4, -0.2) is 96.7 Å².